The third-order valence-corrected chi connectivity index (χ3v) is 5.47. The first-order valence-corrected chi connectivity index (χ1v) is 10.0. The van der Waals surface area contributed by atoms with Crippen molar-refractivity contribution in [3.8, 4) is 11.3 Å². The van der Waals surface area contributed by atoms with Crippen LogP contribution in [0.4, 0.5) is 0 Å². The van der Waals surface area contributed by atoms with Gasteiger partial charge in [0, 0.05) is 31.7 Å². The van der Waals surface area contributed by atoms with Crippen LogP contribution >= 0.6 is 0 Å². The molecule has 1 fully saturated rings. The minimum absolute atomic E-state index is 0.0798. The molecule has 0 aliphatic carbocycles. The third-order valence-electron chi connectivity index (χ3n) is 5.47. The highest BCUT2D eigenvalue weighted by Gasteiger charge is 2.29. The van der Waals surface area contributed by atoms with Crippen molar-refractivity contribution in [1.82, 2.24) is 25.0 Å². The molecule has 146 valence electrons. The number of nitrogens with zero attached hydrogens (tertiary/aromatic N) is 4. The van der Waals surface area contributed by atoms with E-state index in [1.165, 1.54) is 0 Å². The maximum Gasteiger partial charge on any atom is 0.255 e. The number of nitrogens with one attached hydrogen (secondary N) is 1. The van der Waals surface area contributed by atoms with E-state index in [4.69, 9.17) is 4.98 Å². The number of benzene rings is 1. The van der Waals surface area contributed by atoms with Gasteiger partial charge >= 0.3 is 0 Å². The molecule has 1 atom stereocenters. The summed E-state index contributed by atoms with van der Waals surface area (Å²) in [5.74, 6) is 0.0798. The number of carbonyl (C=O) groups is 1. The SMILES string of the molecule is CCCN(C(=O)c1cc(-c2ccccc2)nc2c1c(C)nn2C)C1CCNC1. The lowest BCUT2D eigenvalue weighted by Gasteiger charge is -2.28. The molecule has 2 aromatic heterocycles. The Morgan fingerprint density at radius 1 is 1.32 bits per heavy atom. The fourth-order valence-electron chi connectivity index (χ4n) is 4.12. The number of fused-ring (bicyclic) bond motifs is 1. The molecule has 6 nitrogen and oxygen atoms in total. The van der Waals surface area contributed by atoms with E-state index in [1.807, 2.05) is 55.3 Å². The summed E-state index contributed by atoms with van der Waals surface area (Å²) in [6.07, 6.45) is 1.94. The standard InChI is InChI=1S/C22H27N5O/c1-4-12-27(17-10-11-23-14-17)22(28)18-13-19(16-8-6-5-7-9-16)24-21-20(18)15(2)25-26(21)3/h5-9,13,17,23H,4,10-12,14H2,1-3H3. The number of hydrogen-bond donors (Lipinski definition) is 1. The molecule has 0 spiro atoms. The van der Waals surface area contributed by atoms with Gasteiger partial charge in [-0.2, -0.15) is 5.10 Å². The minimum atomic E-state index is 0.0798. The molecule has 1 saturated heterocycles. The second-order valence-corrected chi connectivity index (χ2v) is 7.47. The van der Waals surface area contributed by atoms with Gasteiger partial charge in [0.15, 0.2) is 5.65 Å². The topological polar surface area (TPSA) is 63.1 Å². The molecular formula is C22H27N5O. The van der Waals surface area contributed by atoms with Crippen LogP contribution in [0.5, 0.6) is 0 Å². The Morgan fingerprint density at radius 2 is 2.11 bits per heavy atom. The number of aryl methyl sites for hydroxylation is 2. The van der Waals surface area contributed by atoms with E-state index in [1.54, 1.807) is 4.68 Å². The Kier molecular flexibility index (Phi) is 5.13. The summed E-state index contributed by atoms with van der Waals surface area (Å²) >= 11 is 0. The van der Waals surface area contributed by atoms with E-state index < -0.39 is 0 Å². The van der Waals surface area contributed by atoms with E-state index in [-0.39, 0.29) is 11.9 Å². The van der Waals surface area contributed by atoms with Crippen molar-refractivity contribution in [1.29, 1.82) is 0 Å². The Balaban J connectivity index is 1.87. The summed E-state index contributed by atoms with van der Waals surface area (Å²) < 4.78 is 1.77. The molecule has 3 heterocycles. The molecule has 1 amide bonds. The number of pyridine rings is 1. The number of hydrogen-bond acceptors (Lipinski definition) is 4. The van der Waals surface area contributed by atoms with Gasteiger partial charge in [-0.25, -0.2) is 4.98 Å². The van der Waals surface area contributed by atoms with Gasteiger partial charge < -0.3 is 10.2 Å². The lowest BCUT2D eigenvalue weighted by Crippen LogP contribution is -2.42. The smallest absolute Gasteiger partial charge is 0.255 e. The van der Waals surface area contributed by atoms with Crippen LogP contribution in [-0.2, 0) is 7.05 Å². The zero-order valence-electron chi connectivity index (χ0n) is 16.8. The predicted octanol–water partition coefficient (Wildman–Crippen LogP) is 3.16. The minimum Gasteiger partial charge on any atom is -0.334 e. The molecule has 0 saturated carbocycles. The van der Waals surface area contributed by atoms with E-state index in [2.05, 4.69) is 17.3 Å². The lowest BCUT2D eigenvalue weighted by molar-refractivity contribution is 0.0694. The zero-order chi connectivity index (χ0) is 19.7. The van der Waals surface area contributed by atoms with Gasteiger partial charge in [-0.3, -0.25) is 9.48 Å². The van der Waals surface area contributed by atoms with Crippen molar-refractivity contribution >= 4 is 16.9 Å². The highest BCUT2D eigenvalue weighted by Crippen LogP contribution is 2.28. The van der Waals surface area contributed by atoms with Crippen molar-refractivity contribution in [3.05, 3.63) is 47.7 Å². The third kappa shape index (κ3) is 3.29. The van der Waals surface area contributed by atoms with Crippen LogP contribution in [0.25, 0.3) is 22.3 Å². The van der Waals surface area contributed by atoms with E-state index in [0.29, 0.717) is 5.56 Å². The number of carbonyl (C=O) groups excluding carboxylic acids is 1. The first kappa shape index (κ1) is 18.6. The van der Waals surface area contributed by atoms with Crippen molar-refractivity contribution in [2.45, 2.75) is 32.7 Å². The monoisotopic (exact) mass is 377 g/mol. The van der Waals surface area contributed by atoms with Gasteiger partial charge in [0.25, 0.3) is 5.91 Å². The molecule has 1 aliphatic heterocycles. The second-order valence-electron chi connectivity index (χ2n) is 7.47. The molecule has 1 N–H and O–H groups in total. The molecule has 0 bridgehead atoms. The van der Waals surface area contributed by atoms with Gasteiger partial charge in [0.1, 0.15) is 0 Å². The lowest BCUT2D eigenvalue weighted by atomic mass is 10.0. The summed E-state index contributed by atoms with van der Waals surface area (Å²) in [5, 5.41) is 8.79. The molecule has 4 rings (SSSR count). The Morgan fingerprint density at radius 3 is 2.79 bits per heavy atom. The Labute approximate surface area is 165 Å². The van der Waals surface area contributed by atoms with Gasteiger partial charge in [-0.1, -0.05) is 37.3 Å². The summed E-state index contributed by atoms with van der Waals surface area (Å²) in [6, 6.07) is 12.2. The maximum atomic E-state index is 13.7. The molecule has 0 radical (unpaired) electrons. The second kappa shape index (κ2) is 7.72. The predicted molar refractivity (Wildman–Crippen MR) is 111 cm³/mol. The summed E-state index contributed by atoms with van der Waals surface area (Å²) in [5.41, 5.74) is 4.11. The van der Waals surface area contributed by atoms with Gasteiger partial charge in [-0.05, 0) is 32.4 Å². The van der Waals surface area contributed by atoms with Gasteiger partial charge in [0.05, 0.1) is 22.3 Å². The average Bonchev–Trinajstić information content (AvgIpc) is 3.34. The molecular weight excluding hydrogens is 350 g/mol. The van der Waals surface area contributed by atoms with Crippen LogP contribution in [0.1, 0.15) is 35.8 Å². The molecule has 3 aromatic rings. The van der Waals surface area contributed by atoms with Crippen LogP contribution < -0.4 is 5.32 Å². The van der Waals surface area contributed by atoms with E-state index in [9.17, 15) is 4.79 Å². The van der Waals surface area contributed by atoms with E-state index >= 15 is 0 Å². The fourth-order valence-corrected chi connectivity index (χ4v) is 4.12. The normalized spacial score (nSPS) is 16.6. The zero-order valence-corrected chi connectivity index (χ0v) is 16.8. The highest BCUT2D eigenvalue weighted by molar-refractivity contribution is 6.07. The first-order valence-electron chi connectivity index (χ1n) is 10.0. The molecule has 1 aliphatic rings. The van der Waals surface area contributed by atoms with Gasteiger partial charge in [-0.15, -0.1) is 0 Å². The number of amides is 1. The quantitative estimate of drug-likeness (QED) is 0.742. The van der Waals surface area contributed by atoms with Crippen molar-refractivity contribution in [2.24, 2.45) is 7.05 Å². The largest absolute Gasteiger partial charge is 0.334 e. The highest BCUT2D eigenvalue weighted by atomic mass is 16.2. The van der Waals surface area contributed by atoms with Crippen molar-refractivity contribution < 1.29 is 4.79 Å². The number of rotatable bonds is 5. The fraction of sp³-hybridized carbons (Fsp3) is 0.409. The molecule has 28 heavy (non-hydrogen) atoms. The van der Waals surface area contributed by atoms with Crippen molar-refractivity contribution in [2.75, 3.05) is 19.6 Å². The number of aromatic nitrogens is 3. The van der Waals surface area contributed by atoms with Crippen LogP contribution in [0.15, 0.2) is 36.4 Å². The van der Waals surface area contributed by atoms with Crippen LogP contribution in [0.2, 0.25) is 0 Å². The first-order chi connectivity index (χ1) is 13.6. The summed E-state index contributed by atoms with van der Waals surface area (Å²) in [4.78, 5) is 20.6. The average molecular weight is 377 g/mol. The maximum absolute atomic E-state index is 13.7. The van der Waals surface area contributed by atoms with E-state index in [0.717, 1.165) is 60.5 Å². The molecule has 1 unspecified atom stereocenters. The summed E-state index contributed by atoms with van der Waals surface area (Å²) in [6.45, 7) is 6.65. The molecule has 1 aromatic carbocycles. The van der Waals surface area contributed by atoms with Gasteiger partial charge in [0.2, 0.25) is 0 Å². The summed E-state index contributed by atoms with van der Waals surface area (Å²) in [7, 11) is 1.88. The van der Waals surface area contributed by atoms with Crippen LogP contribution in [-0.4, -0.2) is 51.2 Å². The Bertz CT molecular complexity index is 989. The van der Waals surface area contributed by atoms with Crippen LogP contribution in [0, 0.1) is 6.92 Å². The van der Waals surface area contributed by atoms with Crippen LogP contribution in [0.3, 0.4) is 0 Å². The van der Waals surface area contributed by atoms with Crippen molar-refractivity contribution in [3.63, 3.8) is 0 Å². The Hall–Kier alpha value is -2.73. The molecule has 6 heteroatoms.